The number of nitrogens with zero attached hydrogens (tertiary/aromatic N) is 3. The van der Waals surface area contributed by atoms with Crippen LogP contribution in [0.2, 0.25) is 0 Å². The van der Waals surface area contributed by atoms with Gasteiger partial charge in [-0.2, -0.15) is 5.26 Å². The van der Waals surface area contributed by atoms with Crippen molar-refractivity contribution >= 4 is 17.2 Å². The first-order valence-electron chi connectivity index (χ1n) is 5.18. The van der Waals surface area contributed by atoms with Crippen LogP contribution in [0.3, 0.4) is 0 Å². The molecule has 7 heteroatoms. The van der Waals surface area contributed by atoms with Crippen LogP contribution < -0.4 is 5.32 Å². The lowest BCUT2D eigenvalue weighted by Gasteiger charge is -2.08. The Bertz CT molecular complexity index is 667. The van der Waals surface area contributed by atoms with Gasteiger partial charge in [-0.1, -0.05) is 6.07 Å². The van der Waals surface area contributed by atoms with Gasteiger partial charge in [-0.15, -0.1) is 0 Å². The topological polar surface area (TPSA) is 91.8 Å². The molecule has 2 rings (SSSR count). The number of nitrogens with one attached hydrogen (secondary N) is 1. The molecule has 6 nitrogen and oxygen atoms in total. The molecule has 0 radical (unpaired) electrons. The van der Waals surface area contributed by atoms with Gasteiger partial charge in [-0.25, -0.2) is 9.37 Å². The van der Waals surface area contributed by atoms with Crippen molar-refractivity contribution in [2.45, 2.75) is 0 Å². The van der Waals surface area contributed by atoms with E-state index < -0.39 is 16.3 Å². The molecule has 94 valence electrons. The predicted octanol–water partition coefficient (Wildman–Crippen LogP) is 2.74. The standard InChI is InChI=1S/C12H7FN4O2/c13-9-4-5-10(17(18)19)12(8(9)7-14)16-11-3-1-2-6-15-11/h1-6H,(H,15,16). The lowest BCUT2D eigenvalue weighted by atomic mass is 10.1. The lowest BCUT2D eigenvalue weighted by molar-refractivity contribution is -0.384. The van der Waals surface area contributed by atoms with E-state index in [0.29, 0.717) is 0 Å². The molecule has 1 aromatic heterocycles. The molecule has 1 N–H and O–H groups in total. The van der Waals surface area contributed by atoms with Crippen molar-refractivity contribution in [1.82, 2.24) is 4.98 Å². The summed E-state index contributed by atoms with van der Waals surface area (Å²) in [4.78, 5) is 14.1. The monoisotopic (exact) mass is 258 g/mol. The maximum absolute atomic E-state index is 13.5. The van der Waals surface area contributed by atoms with E-state index in [1.807, 2.05) is 0 Å². The van der Waals surface area contributed by atoms with Gasteiger partial charge in [0.2, 0.25) is 0 Å². The molecule has 1 aromatic carbocycles. The molecular weight excluding hydrogens is 251 g/mol. The maximum atomic E-state index is 13.5. The molecule has 0 unspecified atom stereocenters. The third-order valence-electron chi connectivity index (χ3n) is 2.36. The van der Waals surface area contributed by atoms with Gasteiger partial charge in [0, 0.05) is 12.3 Å². The second-order valence-electron chi connectivity index (χ2n) is 3.53. The first kappa shape index (κ1) is 12.4. The number of benzene rings is 1. The van der Waals surface area contributed by atoms with Gasteiger partial charge >= 0.3 is 0 Å². The van der Waals surface area contributed by atoms with Gasteiger partial charge in [-0.05, 0) is 18.2 Å². The summed E-state index contributed by atoms with van der Waals surface area (Å²) in [5.74, 6) is -0.542. The van der Waals surface area contributed by atoms with E-state index in [2.05, 4.69) is 10.3 Å². The van der Waals surface area contributed by atoms with Crippen LogP contribution >= 0.6 is 0 Å². The normalized spacial score (nSPS) is 9.68. The molecule has 0 atom stereocenters. The zero-order chi connectivity index (χ0) is 13.8. The summed E-state index contributed by atoms with van der Waals surface area (Å²) < 4.78 is 13.5. The lowest BCUT2D eigenvalue weighted by Crippen LogP contribution is -2.02. The van der Waals surface area contributed by atoms with Gasteiger partial charge in [0.05, 0.1) is 4.92 Å². The smallest absolute Gasteiger partial charge is 0.294 e. The number of aromatic nitrogens is 1. The van der Waals surface area contributed by atoms with Gasteiger partial charge in [0.15, 0.2) is 0 Å². The van der Waals surface area contributed by atoms with E-state index in [0.717, 1.165) is 12.1 Å². The quantitative estimate of drug-likeness (QED) is 0.675. The first-order chi connectivity index (χ1) is 9.13. The number of nitro benzene ring substituents is 1. The molecule has 0 aliphatic carbocycles. The first-order valence-corrected chi connectivity index (χ1v) is 5.18. The van der Waals surface area contributed by atoms with Gasteiger partial charge in [0.1, 0.15) is 29.0 Å². The summed E-state index contributed by atoms with van der Waals surface area (Å²) in [7, 11) is 0. The van der Waals surface area contributed by atoms with Gasteiger partial charge in [-0.3, -0.25) is 10.1 Å². The summed E-state index contributed by atoms with van der Waals surface area (Å²) in [6.45, 7) is 0. The molecule has 0 amide bonds. The van der Waals surface area contributed by atoms with Crippen LogP contribution in [0.4, 0.5) is 21.6 Å². The molecule has 0 bridgehead atoms. The van der Waals surface area contributed by atoms with Crippen LogP contribution in [0.15, 0.2) is 36.5 Å². The van der Waals surface area contributed by atoms with Crippen molar-refractivity contribution in [3.8, 4) is 6.07 Å². The minimum absolute atomic E-state index is 0.203. The molecule has 0 saturated heterocycles. The minimum atomic E-state index is -0.827. The minimum Gasteiger partial charge on any atom is -0.333 e. The number of halogens is 1. The van der Waals surface area contributed by atoms with Crippen LogP contribution in [0.25, 0.3) is 0 Å². The Hall–Kier alpha value is -3.01. The molecule has 1 heterocycles. The molecule has 2 aromatic rings. The summed E-state index contributed by atoms with van der Waals surface area (Å²) in [6.07, 6.45) is 1.47. The predicted molar refractivity (Wildman–Crippen MR) is 65.3 cm³/mol. The van der Waals surface area contributed by atoms with Crippen LogP contribution in [0.5, 0.6) is 0 Å². The van der Waals surface area contributed by atoms with Crippen molar-refractivity contribution in [3.05, 3.63) is 58.0 Å². The highest BCUT2D eigenvalue weighted by atomic mass is 19.1. The van der Waals surface area contributed by atoms with E-state index in [-0.39, 0.29) is 17.2 Å². The molecule has 0 aliphatic heterocycles. The van der Waals surface area contributed by atoms with Crippen molar-refractivity contribution in [2.24, 2.45) is 0 Å². The van der Waals surface area contributed by atoms with E-state index in [1.54, 1.807) is 24.3 Å². The van der Waals surface area contributed by atoms with Crippen LogP contribution in [-0.4, -0.2) is 9.91 Å². The molecule has 0 fully saturated rings. The number of hydrogen-bond acceptors (Lipinski definition) is 5. The molecule has 0 saturated carbocycles. The molecule has 0 aliphatic rings. The zero-order valence-electron chi connectivity index (χ0n) is 9.50. The highest BCUT2D eigenvalue weighted by molar-refractivity contribution is 5.74. The molecule has 19 heavy (non-hydrogen) atoms. The Kier molecular flexibility index (Phi) is 3.34. The third kappa shape index (κ3) is 2.47. The van der Waals surface area contributed by atoms with E-state index in [9.17, 15) is 14.5 Å². The zero-order valence-corrected chi connectivity index (χ0v) is 9.50. The highest BCUT2D eigenvalue weighted by Gasteiger charge is 2.21. The Morgan fingerprint density at radius 3 is 2.74 bits per heavy atom. The Morgan fingerprint density at radius 2 is 2.16 bits per heavy atom. The van der Waals surface area contributed by atoms with Crippen molar-refractivity contribution in [3.63, 3.8) is 0 Å². The van der Waals surface area contributed by atoms with E-state index >= 15 is 0 Å². The largest absolute Gasteiger partial charge is 0.333 e. The van der Waals surface area contributed by atoms with Crippen molar-refractivity contribution in [2.75, 3.05) is 5.32 Å². The number of nitriles is 1. The second kappa shape index (κ2) is 5.10. The van der Waals surface area contributed by atoms with Crippen LogP contribution in [-0.2, 0) is 0 Å². The number of hydrogen-bond donors (Lipinski definition) is 1. The molecule has 0 spiro atoms. The highest BCUT2D eigenvalue weighted by Crippen LogP contribution is 2.31. The number of anilines is 2. The van der Waals surface area contributed by atoms with E-state index in [4.69, 9.17) is 5.26 Å². The van der Waals surface area contributed by atoms with E-state index in [1.165, 1.54) is 6.20 Å². The van der Waals surface area contributed by atoms with Gasteiger partial charge in [0.25, 0.3) is 5.69 Å². The maximum Gasteiger partial charge on any atom is 0.294 e. The Balaban J connectivity index is 2.57. The summed E-state index contributed by atoms with van der Waals surface area (Å²) in [6, 6.07) is 8.37. The fraction of sp³-hybridized carbons (Fsp3) is 0. The SMILES string of the molecule is N#Cc1c(F)ccc([N+](=O)[O-])c1Nc1ccccn1. The number of rotatable bonds is 3. The Labute approximate surface area is 107 Å². The fourth-order valence-corrected chi connectivity index (χ4v) is 1.52. The van der Waals surface area contributed by atoms with Gasteiger partial charge < -0.3 is 5.32 Å². The van der Waals surface area contributed by atoms with Crippen LogP contribution in [0.1, 0.15) is 5.56 Å². The summed E-state index contributed by atoms with van der Waals surface area (Å²) >= 11 is 0. The van der Waals surface area contributed by atoms with Crippen molar-refractivity contribution < 1.29 is 9.31 Å². The summed E-state index contributed by atoms with van der Waals surface area (Å²) in [5.41, 5.74) is -1.00. The fourth-order valence-electron chi connectivity index (χ4n) is 1.52. The Morgan fingerprint density at radius 1 is 1.37 bits per heavy atom. The summed E-state index contributed by atoms with van der Waals surface area (Å²) in [5, 5.41) is 22.4. The average molecular weight is 258 g/mol. The van der Waals surface area contributed by atoms with Crippen molar-refractivity contribution in [1.29, 1.82) is 5.26 Å². The number of pyridine rings is 1. The average Bonchev–Trinajstić information content (AvgIpc) is 2.40. The van der Waals surface area contributed by atoms with Crippen LogP contribution in [0, 0.1) is 27.3 Å². The number of nitro groups is 1. The third-order valence-corrected chi connectivity index (χ3v) is 2.36. The molecular formula is C12H7FN4O2. The second-order valence-corrected chi connectivity index (χ2v) is 3.53.